The summed E-state index contributed by atoms with van der Waals surface area (Å²) in [5, 5.41) is 3.30. The standard InChI is InChI=1S/C24H21N7O/c1-13-6-2-3-7-16(13)28-21-12-18(30-24(27)31-21)14-10-15(25)22-20(11-14)32-19-9-5-4-8-17(19)29-23(22)26/h2-12H,25H2,1H3,(H2,26,29)(H3,27,28,30,31). The third kappa shape index (κ3) is 3.54. The van der Waals surface area contributed by atoms with Crippen molar-refractivity contribution in [1.29, 1.82) is 0 Å². The van der Waals surface area contributed by atoms with Gasteiger partial charge in [0.15, 0.2) is 5.75 Å². The van der Waals surface area contributed by atoms with Gasteiger partial charge in [-0.3, -0.25) is 0 Å². The second-order valence-corrected chi connectivity index (χ2v) is 7.44. The number of aliphatic imine (C=N–C) groups is 1. The molecule has 0 amide bonds. The average Bonchev–Trinajstić information content (AvgIpc) is 2.90. The zero-order valence-corrected chi connectivity index (χ0v) is 17.3. The number of amidine groups is 1. The maximum atomic E-state index is 6.36. The van der Waals surface area contributed by atoms with Gasteiger partial charge in [0.2, 0.25) is 5.95 Å². The number of anilines is 4. The predicted molar refractivity (Wildman–Crippen MR) is 128 cm³/mol. The highest BCUT2D eigenvalue weighted by atomic mass is 16.5. The largest absolute Gasteiger partial charge is 0.454 e. The molecule has 4 aromatic rings. The average molecular weight is 423 g/mol. The first kappa shape index (κ1) is 19.4. The minimum absolute atomic E-state index is 0.138. The molecule has 1 aromatic heterocycles. The Morgan fingerprint density at radius 2 is 1.62 bits per heavy atom. The molecule has 0 saturated heterocycles. The molecule has 0 fully saturated rings. The van der Waals surface area contributed by atoms with E-state index in [1.807, 2.05) is 67.6 Å². The van der Waals surface area contributed by atoms with Crippen LogP contribution in [0.3, 0.4) is 0 Å². The van der Waals surface area contributed by atoms with E-state index in [1.54, 1.807) is 6.07 Å². The fraction of sp³-hybridized carbons (Fsp3) is 0.0417. The highest BCUT2D eigenvalue weighted by Crippen LogP contribution is 2.41. The summed E-state index contributed by atoms with van der Waals surface area (Å²) in [7, 11) is 0. The van der Waals surface area contributed by atoms with Gasteiger partial charge in [-0.2, -0.15) is 4.98 Å². The van der Waals surface area contributed by atoms with Crippen molar-refractivity contribution < 1.29 is 4.74 Å². The van der Waals surface area contributed by atoms with Crippen molar-refractivity contribution in [2.45, 2.75) is 6.92 Å². The summed E-state index contributed by atoms with van der Waals surface area (Å²) in [4.78, 5) is 13.2. The van der Waals surface area contributed by atoms with E-state index in [9.17, 15) is 0 Å². The molecule has 1 aliphatic heterocycles. The molecule has 0 radical (unpaired) electrons. The van der Waals surface area contributed by atoms with Crippen LogP contribution >= 0.6 is 0 Å². The molecule has 0 spiro atoms. The Labute approximate surface area is 184 Å². The molecule has 5 rings (SSSR count). The van der Waals surface area contributed by atoms with Gasteiger partial charge in [0.25, 0.3) is 0 Å². The van der Waals surface area contributed by atoms with E-state index in [0.29, 0.717) is 39.9 Å². The molecule has 32 heavy (non-hydrogen) atoms. The van der Waals surface area contributed by atoms with Crippen molar-refractivity contribution in [2.24, 2.45) is 10.7 Å². The molecule has 8 heteroatoms. The molecule has 7 N–H and O–H groups in total. The molecule has 1 aliphatic rings. The predicted octanol–water partition coefficient (Wildman–Crippen LogP) is 4.50. The first-order chi connectivity index (χ1) is 15.5. The number of ether oxygens (including phenoxy) is 1. The highest BCUT2D eigenvalue weighted by molar-refractivity contribution is 6.07. The highest BCUT2D eigenvalue weighted by Gasteiger charge is 2.21. The quantitative estimate of drug-likeness (QED) is 0.356. The van der Waals surface area contributed by atoms with Crippen molar-refractivity contribution in [1.82, 2.24) is 9.97 Å². The number of rotatable bonds is 3. The summed E-state index contributed by atoms with van der Waals surface area (Å²) >= 11 is 0. The number of hydrogen-bond donors (Lipinski definition) is 4. The topological polar surface area (TPSA) is 137 Å². The van der Waals surface area contributed by atoms with Gasteiger partial charge in [-0.15, -0.1) is 0 Å². The van der Waals surface area contributed by atoms with Crippen LogP contribution in [0, 0.1) is 6.92 Å². The molecule has 0 bridgehead atoms. The van der Waals surface area contributed by atoms with Crippen LogP contribution in [-0.4, -0.2) is 15.8 Å². The fourth-order valence-electron chi connectivity index (χ4n) is 3.61. The Morgan fingerprint density at radius 1 is 0.844 bits per heavy atom. The molecular weight excluding hydrogens is 402 g/mol. The van der Waals surface area contributed by atoms with Gasteiger partial charge in [0.1, 0.15) is 23.1 Å². The Balaban J connectivity index is 1.58. The van der Waals surface area contributed by atoms with E-state index in [4.69, 9.17) is 21.9 Å². The molecule has 0 atom stereocenters. The number of nitrogens with one attached hydrogen (secondary N) is 1. The Bertz CT molecular complexity index is 1380. The lowest BCUT2D eigenvalue weighted by Gasteiger charge is -2.14. The van der Waals surface area contributed by atoms with Crippen LogP contribution in [0.5, 0.6) is 11.5 Å². The number of para-hydroxylation sites is 3. The van der Waals surface area contributed by atoms with Crippen LogP contribution < -0.4 is 27.3 Å². The van der Waals surface area contributed by atoms with Gasteiger partial charge >= 0.3 is 0 Å². The normalized spacial score (nSPS) is 12.1. The van der Waals surface area contributed by atoms with Crippen LogP contribution in [0.4, 0.5) is 28.8 Å². The van der Waals surface area contributed by atoms with Crippen molar-refractivity contribution in [3.05, 3.63) is 77.9 Å². The molecule has 0 unspecified atom stereocenters. The van der Waals surface area contributed by atoms with E-state index < -0.39 is 0 Å². The van der Waals surface area contributed by atoms with Crippen LogP contribution in [0.2, 0.25) is 0 Å². The summed E-state index contributed by atoms with van der Waals surface area (Å²) in [6.07, 6.45) is 0. The monoisotopic (exact) mass is 423 g/mol. The van der Waals surface area contributed by atoms with E-state index in [0.717, 1.165) is 16.8 Å². The fourth-order valence-corrected chi connectivity index (χ4v) is 3.61. The zero-order chi connectivity index (χ0) is 22.2. The van der Waals surface area contributed by atoms with Crippen molar-refractivity contribution in [2.75, 3.05) is 16.8 Å². The van der Waals surface area contributed by atoms with E-state index >= 15 is 0 Å². The smallest absolute Gasteiger partial charge is 0.222 e. The van der Waals surface area contributed by atoms with Gasteiger partial charge < -0.3 is 27.3 Å². The summed E-state index contributed by atoms with van der Waals surface area (Å²) in [6.45, 7) is 2.02. The maximum Gasteiger partial charge on any atom is 0.222 e. The van der Waals surface area contributed by atoms with Crippen molar-refractivity contribution in [3.63, 3.8) is 0 Å². The first-order valence-corrected chi connectivity index (χ1v) is 10.0. The second-order valence-electron chi connectivity index (χ2n) is 7.44. The number of aryl methyl sites for hydroxylation is 1. The van der Waals surface area contributed by atoms with Crippen LogP contribution in [0.15, 0.2) is 71.7 Å². The number of nitrogen functional groups attached to an aromatic ring is 2. The third-order valence-electron chi connectivity index (χ3n) is 5.16. The number of nitrogens with two attached hydrogens (primary N) is 3. The lowest BCUT2D eigenvalue weighted by atomic mass is 10.0. The summed E-state index contributed by atoms with van der Waals surface area (Å²) in [6, 6.07) is 20.7. The number of hydrogen-bond acceptors (Lipinski definition) is 8. The second kappa shape index (κ2) is 7.59. The maximum absolute atomic E-state index is 6.36. The molecule has 2 heterocycles. The van der Waals surface area contributed by atoms with E-state index in [-0.39, 0.29) is 11.8 Å². The number of nitrogens with zero attached hydrogens (tertiary/aromatic N) is 3. The number of benzene rings is 3. The molecule has 0 saturated carbocycles. The Hall–Kier alpha value is -4.59. The van der Waals surface area contributed by atoms with Gasteiger partial charge in [-0.25, -0.2) is 9.98 Å². The zero-order valence-electron chi connectivity index (χ0n) is 17.3. The SMILES string of the molecule is Cc1ccccc1Nc1cc(-c2cc(N)c3c(c2)Oc2ccccc2N=C3N)nc(N)n1. The van der Waals surface area contributed by atoms with Gasteiger partial charge in [0, 0.05) is 23.0 Å². The lowest BCUT2D eigenvalue weighted by Crippen LogP contribution is -2.15. The number of aromatic nitrogens is 2. The Morgan fingerprint density at radius 3 is 2.47 bits per heavy atom. The van der Waals surface area contributed by atoms with Gasteiger partial charge in [0.05, 0.1) is 11.3 Å². The molecular formula is C24H21N7O. The van der Waals surface area contributed by atoms with Gasteiger partial charge in [-0.1, -0.05) is 30.3 Å². The minimum atomic E-state index is 0.138. The van der Waals surface area contributed by atoms with E-state index in [1.165, 1.54) is 0 Å². The van der Waals surface area contributed by atoms with Gasteiger partial charge in [-0.05, 0) is 42.8 Å². The first-order valence-electron chi connectivity index (χ1n) is 10.0. The van der Waals surface area contributed by atoms with Crippen LogP contribution in [-0.2, 0) is 0 Å². The summed E-state index contributed by atoms with van der Waals surface area (Å²) in [5.74, 6) is 2.09. The van der Waals surface area contributed by atoms with Crippen LogP contribution in [0.1, 0.15) is 11.1 Å². The van der Waals surface area contributed by atoms with Crippen molar-refractivity contribution in [3.8, 4) is 22.8 Å². The summed E-state index contributed by atoms with van der Waals surface area (Å²) in [5.41, 5.74) is 23.6. The summed E-state index contributed by atoms with van der Waals surface area (Å²) < 4.78 is 6.12. The van der Waals surface area contributed by atoms with Crippen molar-refractivity contribution >= 4 is 34.7 Å². The van der Waals surface area contributed by atoms with E-state index in [2.05, 4.69) is 20.3 Å². The molecule has 158 valence electrons. The molecule has 3 aromatic carbocycles. The number of fused-ring (bicyclic) bond motifs is 2. The third-order valence-corrected chi connectivity index (χ3v) is 5.16. The minimum Gasteiger partial charge on any atom is -0.454 e. The molecule has 8 nitrogen and oxygen atoms in total. The van der Waals surface area contributed by atoms with Crippen LogP contribution in [0.25, 0.3) is 11.3 Å². The Kier molecular flexibility index (Phi) is 4.59. The molecule has 0 aliphatic carbocycles. The lowest BCUT2D eigenvalue weighted by molar-refractivity contribution is 0.485.